The van der Waals surface area contributed by atoms with Gasteiger partial charge in [0.2, 0.25) is 0 Å². The Kier molecular flexibility index (Phi) is 4.47. The van der Waals surface area contributed by atoms with Crippen molar-refractivity contribution in [2.24, 2.45) is 5.73 Å². The highest BCUT2D eigenvalue weighted by molar-refractivity contribution is 5.82. The number of carbonyl (C=O) groups excluding carboxylic acids is 2. The number of nitrogen functional groups attached to an aromatic ring is 1. The Balaban J connectivity index is 2.54. The van der Waals surface area contributed by atoms with E-state index in [-0.39, 0.29) is 6.54 Å². The lowest BCUT2D eigenvalue weighted by Gasteiger charge is -2.12. The lowest BCUT2D eigenvalue weighted by Crippen LogP contribution is -2.36. The zero-order valence-electron chi connectivity index (χ0n) is 10.3. The largest absolute Gasteiger partial charge is 0.437 e. The number of nitrogens with one attached hydrogen (secondary N) is 1. The highest BCUT2D eigenvalue weighted by atomic mass is 16.6. The Morgan fingerprint density at radius 3 is 2.72 bits per heavy atom. The van der Waals surface area contributed by atoms with Crippen molar-refractivity contribution in [2.45, 2.75) is 26.5 Å². The zero-order valence-corrected chi connectivity index (χ0v) is 10.3. The van der Waals surface area contributed by atoms with Crippen LogP contribution in [0.15, 0.2) is 12.1 Å². The molecule has 98 valence electrons. The van der Waals surface area contributed by atoms with Crippen molar-refractivity contribution in [2.75, 3.05) is 5.73 Å². The van der Waals surface area contributed by atoms with Gasteiger partial charge in [-0.25, -0.2) is 9.78 Å². The molecule has 7 heteroatoms. The lowest BCUT2D eigenvalue weighted by molar-refractivity contribution is -0.128. The van der Waals surface area contributed by atoms with Gasteiger partial charge in [0.1, 0.15) is 5.82 Å². The maximum atomic E-state index is 11.5. The van der Waals surface area contributed by atoms with E-state index in [1.807, 2.05) is 0 Å². The number of ether oxygens (including phenoxy) is 1. The van der Waals surface area contributed by atoms with Gasteiger partial charge in [0.25, 0.3) is 5.91 Å². The summed E-state index contributed by atoms with van der Waals surface area (Å²) in [6.45, 7) is 3.51. The second kappa shape index (κ2) is 5.85. The second-order valence-electron chi connectivity index (χ2n) is 3.78. The number of pyridine rings is 1. The van der Waals surface area contributed by atoms with Crippen molar-refractivity contribution < 1.29 is 14.3 Å². The number of hydrogen-bond acceptors (Lipinski definition) is 5. The minimum Gasteiger partial charge on any atom is -0.437 e. The second-order valence-corrected chi connectivity index (χ2v) is 3.78. The van der Waals surface area contributed by atoms with Gasteiger partial charge in [0.15, 0.2) is 6.10 Å². The molecular weight excluding hydrogens is 236 g/mol. The van der Waals surface area contributed by atoms with Crippen LogP contribution >= 0.6 is 0 Å². The molecule has 0 saturated heterocycles. The molecule has 0 spiro atoms. The molecular formula is C11H16N4O3. The van der Waals surface area contributed by atoms with Gasteiger partial charge in [-0.3, -0.25) is 4.79 Å². The van der Waals surface area contributed by atoms with Crippen LogP contribution in [0.4, 0.5) is 10.6 Å². The average Bonchev–Trinajstić information content (AvgIpc) is 2.26. The van der Waals surface area contributed by atoms with Gasteiger partial charge in [0, 0.05) is 12.2 Å². The van der Waals surface area contributed by atoms with Gasteiger partial charge in [-0.05, 0) is 25.5 Å². The first-order valence-corrected chi connectivity index (χ1v) is 5.36. The highest BCUT2D eigenvalue weighted by Crippen LogP contribution is 2.07. The summed E-state index contributed by atoms with van der Waals surface area (Å²) in [4.78, 5) is 26.1. The number of anilines is 1. The predicted molar refractivity (Wildman–Crippen MR) is 65.4 cm³/mol. The summed E-state index contributed by atoms with van der Waals surface area (Å²) in [7, 11) is 0. The number of hydrogen-bond donors (Lipinski definition) is 3. The summed E-state index contributed by atoms with van der Waals surface area (Å²) in [6, 6.07) is 3.43. The lowest BCUT2D eigenvalue weighted by atomic mass is 10.2. The molecule has 0 unspecified atom stereocenters. The summed E-state index contributed by atoms with van der Waals surface area (Å²) in [6.07, 6.45) is -1.91. The zero-order chi connectivity index (χ0) is 13.7. The topological polar surface area (TPSA) is 120 Å². The third-order valence-corrected chi connectivity index (χ3v) is 2.33. The summed E-state index contributed by atoms with van der Waals surface area (Å²) < 4.78 is 4.54. The average molecular weight is 252 g/mol. The molecule has 5 N–H and O–H groups in total. The van der Waals surface area contributed by atoms with Gasteiger partial charge in [0.05, 0.1) is 0 Å². The van der Waals surface area contributed by atoms with E-state index in [2.05, 4.69) is 15.0 Å². The van der Waals surface area contributed by atoms with Crippen LogP contribution in [0, 0.1) is 6.92 Å². The van der Waals surface area contributed by atoms with Crippen molar-refractivity contribution in [1.29, 1.82) is 0 Å². The minimum absolute atomic E-state index is 0.282. The molecule has 1 aromatic heterocycles. The summed E-state index contributed by atoms with van der Waals surface area (Å²) in [5.74, 6) is -0.00182. The van der Waals surface area contributed by atoms with Gasteiger partial charge in [-0.2, -0.15) is 0 Å². The number of primary amides is 1. The fraction of sp³-hybridized carbons (Fsp3) is 0.364. The van der Waals surface area contributed by atoms with Gasteiger partial charge < -0.3 is 21.5 Å². The van der Waals surface area contributed by atoms with E-state index in [1.54, 1.807) is 19.1 Å². The van der Waals surface area contributed by atoms with Crippen molar-refractivity contribution in [3.8, 4) is 0 Å². The number of aromatic nitrogens is 1. The highest BCUT2D eigenvalue weighted by Gasteiger charge is 2.15. The Labute approximate surface area is 105 Å². The first-order chi connectivity index (χ1) is 8.40. The molecule has 1 rings (SSSR count). The summed E-state index contributed by atoms with van der Waals surface area (Å²) in [5.41, 5.74) is 11.9. The number of aryl methyl sites for hydroxylation is 1. The van der Waals surface area contributed by atoms with Crippen LogP contribution in [0.2, 0.25) is 0 Å². The van der Waals surface area contributed by atoms with Crippen LogP contribution in [0.1, 0.15) is 18.2 Å². The van der Waals surface area contributed by atoms with Crippen molar-refractivity contribution in [1.82, 2.24) is 10.3 Å². The third-order valence-electron chi connectivity index (χ3n) is 2.33. The number of nitrogens with two attached hydrogens (primary N) is 2. The van der Waals surface area contributed by atoms with Crippen LogP contribution in [0.5, 0.6) is 0 Å². The molecule has 1 heterocycles. The molecule has 0 fully saturated rings. The molecule has 0 aliphatic rings. The van der Waals surface area contributed by atoms with Crippen LogP contribution in [0.25, 0.3) is 0 Å². The Morgan fingerprint density at radius 2 is 2.17 bits per heavy atom. The molecule has 18 heavy (non-hydrogen) atoms. The molecule has 0 aliphatic carbocycles. The van der Waals surface area contributed by atoms with Gasteiger partial charge >= 0.3 is 6.09 Å². The Morgan fingerprint density at radius 1 is 1.50 bits per heavy atom. The summed E-state index contributed by atoms with van der Waals surface area (Å²) >= 11 is 0. The quantitative estimate of drug-likeness (QED) is 0.700. The fourth-order valence-electron chi connectivity index (χ4n) is 1.35. The smallest absolute Gasteiger partial charge is 0.405 e. The van der Waals surface area contributed by atoms with Crippen LogP contribution in [0.3, 0.4) is 0 Å². The predicted octanol–water partition coefficient (Wildman–Crippen LogP) is 0.0722. The normalized spacial score (nSPS) is 11.7. The number of amides is 2. The van der Waals surface area contributed by atoms with Crippen molar-refractivity contribution >= 4 is 17.8 Å². The standard InChI is InChI=1S/C11H16N4O3/c1-6-8(3-4-9(12)15-6)5-14-10(16)7(2)18-11(13)17/h3-4,7H,5H2,1-2H3,(H2,12,15)(H2,13,17)(H,14,16)/t7-/m0/s1. The molecule has 0 saturated carbocycles. The Hall–Kier alpha value is -2.31. The van der Waals surface area contributed by atoms with E-state index < -0.39 is 18.1 Å². The van der Waals surface area contributed by atoms with E-state index in [4.69, 9.17) is 11.5 Å². The van der Waals surface area contributed by atoms with Gasteiger partial charge in [-0.15, -0.1) is 0 Å². The summed E-state index contributed by atoms with van der Waals surface area (Å²) in [5, 5.41) is 2.61. The number of nitrogens with zero attached hydrogens (tertiary/aromatic N) is 1. The van der Waals surface area contributed by atoms with Crippen LogP contribution < -0.4 is 16.8 Å². The molecule has 7 nitrogen and oxygen atoms in total. The molecule has 1 aromatic rings. The van der Waals surface area contributed by atoms with E-state index in [0.29, 0.717) is 5.82 Å². The van der Waals surface area contributed by atoms with E-state index in [1.165, 1.54) is 6.92 Å². The molecule has 0 aliphatic heterocycles. The van der Waals surface area contributed by atoms with Crippen LogP contribution in [-0.4, -0.2) is 23.1 Å². The number of rotatable bonds is 4. The van der Waals surface area contributed by atoms with E-state index >= 15 is 0 Å². The first-order valence-electron chi connectivity index (χ1n) is 5.36. The van der Waals surface area contributed by atoms with Crippen molar-refractivity contribution in [3.05, 3.63) is 23.4 Å². The van der Waals surface area contributed by atoms with Gasteiger partial charge in [-0.1, -0.05) is 6.07 Å². The first kappa shape index (κ1) is 13.8. The Bertz CT molecular complexity index is 462. The maximum absolute atomic E-state index is 11.5. The maximum Gasteiger partial charge on any atom is 0.405 e. The molecule has 0 aromatic carbocycles. The van der Waals surface area contributed by atoms with E-state index in [0.717, 1.165) is 11.3 Å². The van der Waals surface area contributed by atoms with Crippen LogP contribution in [-0.2, 0) is 16.1 Å². The number of carbonyl (C=O) groups is 2. The third kappa shape index (κ3) is 3.93. The van der Waals surface area contributed by atoms with Crippen molar-refractivity contribution in [3.63, 3.8) is 0 Å². The molecule has 0 bridgehead atoms. The minimum atomic E-state index is -0.983. The molecule has 1 atom stereocenters. The molecule has 0 radical (unpaired) electrons. The van der Waals surface area contributed by atoms with E-state index in [9.17, 15) is 9.59 Å². The SMILES string of the molecule is Cc1nc(N)ccc1CNC(=O)[C@H](C)OC(N)=O. The fourth-order valence-corrected chi connectivity index (χ4v) is 1.35. The molecule has 2 amide bonds. The monoisotopic (exact) mass is 252 g/mol.